The van der Waals surface area contributed by atoms with Crippen molar-refractivity contribution < 1.29 is 19.7 Å². The SMILES string of the molecule is C[NH+](C)CC[NH2+]CCOCCOc1ccccc1. The number of para-hydroxylation sites is 1. The third-order valence-electron chi connectivity index (χ3n) is 2.55. The number of nitrogens with one attached hydrogen (secondary N) is 1. The first kappa shape index (κ1) is 15.0. The van der Waals surface area contributed by atoms with Crippen LogP contribution in [0.2, 0.25) is 0 Å². The van der Waals surface area contributed by atoms with Crippen LogP contribution in [-0.2, 0) is 4.74 Å². The summed E-state index contributed by atoms with van der Waals surface area (Å²) >= 11 is 0. The normalized spacial score (nSPS) is 10.8. The van der Waals surface area contributed by atoms with Crippen LogP contribution in [0, 0.1) is 0 Å². The summed E-state index contributed by atoms with van der Waals surface area (Å²) in [6.07, 6.45) is 0. The summed E-state index contributed by atoms with van der Waals surface area (Å²) in [5, 5.41) is 2.30. The first-order valence-electron chi connectivity index (χ1n) is 6.65. The lowest BCUT2D eigenvalue weighted by molar-refractivity contribution is -0.874. The number of likely N-dealkylation sites (N-methyl/N-ethyl adjacent to an activating group) is 1. The number of rotatable bonds is 10. The molecule has 0 spiro atoms. The van der Waals surface area contributed by atoms with E-state index in [2.05, 4.69) is 19.4 Å². The Morgan fingerprint density at radius 3 is 2.50 bits per heavy atom. The van der Waals surface area contributed by atoms with Crippen LogP contribution in [-0.4, -0.2) is 53.6 Å². The Labute approximate surface area is 110 Å². The molecular formula is C14H26N2O2+2. The molecule has 0 atom stereocenters. The standard InChI is InChI=1S/C14H24N2O2/c1-16(2)10-8-15-9-11-17-12-13-18-14-6-4-3-5-7-14/h3-7,15H,8-13H2,1-2H3/p+2. The van der Waals surface area contributed by atoms with Gasteiger partial charge in [0.15, 0.2) is 0 Å². The molecule has 0 saturated carbocycles. The van der Waals surface area contributed by atoms with E-state index >= 15 is 0 Å². The molecule has 3 N–H and O–H groups in total. The molecule has 0 amide bonds. The van der Waals surface area contributed by atoms with Crippen molar-refractivity contribution in [3.8, 4) is 5.75 Å². The van der Waals surface area contributed by atoms with Gasteiger partial charge in [0.05, 0.1) is 33.9 Å². The Morgan fingerprint density at radius 1 is 1.00 bits per heavy atom. The monoisotopic (exact) mass is 254 g/mol. The topological polar surface area (TPSA) is 39.5 Å². The average Bonchev–Trinajstić information content (AvgIpc) is 2.37. The highest BCUT2D eigenvalue weighted by Crippen LogP contribution is 2.07. The molecule has 0 heterocycles. The van der Waals surface area contributed by atoms with Crippen molar-refractivity contribution in [3.05, 3.63) is 30.3 Å². The Balaban J connectivity index is 1.84. The highest BCUT2D eigenvalue weighted by Gasteiger charge is 1.96. The molecule has 0 unspecified atom stereocenters. The molecule has 1 aromatic carbocycles. The molecule has 1 aromatic rings. The third-order valence-corrected chi connectivity index (χ3v) is 2.55. The molecule has 102 valence electrons. The van der Waals surface area contributed by atoms with Crippen molar-refractivity contribution in [2.24, 2.45) is 0 Å². The minimum atomic E-state index is 0.617. The summed E-state index contributed by atoms with van der Waals surface area (Å²) < 4.78 is 11.0. The van der Waals surface area contributed by atoms with Crippen LogP contribution in [0.5, 0.6) is 5.75 Å². The van der Waals surface area contributed by atoms with Crippen molar-refractivity contribution in [3.63, 3.8) is 0 Å². The molecule has 1 rings (SSSR count). The summed E-state index contributed by atoms with van der Waals surface area (Å²) in [7, 11) is 4.34. The lowest BCUT2D eigenvalue weighted by atomic mass is 10.3. The molecule has 4 nitrogen and oxygen atoms in total. The summed E-state index contributed by atoms with van der Waals surface area (Å²) in [5.41, 5.74) is 0. The lowest BCUT2D eigenvalue weighted by Crippen LogP contribution is -3.09. The zero-order chi connectivity index (χ0) is 13.1. The van der Waals surface area contributed by atoms with Gasteiger partial charge in [-0.15, -0.1) is 0 Å². The van der Waals surface area contributed by atoms with Crippen molar-refractivity contribution in [1.82, 2.24) is 0 Å². The van der Waals surface area contributed by atoms with Crippen LogP contribution >= 0.6 is 0 Å². The van der Waals surface area contributed by atoms with Gasteiger partial charge >= 0.3 is 0 Å². The van der Waals surface area contributed by atoms with Gasteiger partial charge in [-0.25, -0.2) is 0 Å². The van der Waals surface area contributed by atoms with Gasteiger partial charge < -0.3 is 19.7 Å². The number of benzene rings is 1. The van der Waals surface area contributed by atoms with Crippen molar-refractivity contribution >= 4 is 0 Å². The van der Waals surface area contributed by atoms with E-state index in [1.54, 1.807) is 0 Å². The summed E-state index contributed by atoms with van der Waals surface area (Å²) in [5.74, 6) is 0.904. The molecule has 0 bridgehead atoms. The van der Waals surface area contributed by atoms with Crippen LogP contribution in [0.1, 0.15) is 0 Å². The second-order valence-corrected chi connectivity index (χ2v) is 4.60. The minimum absolute atomic E-state index is 0.617. The van der Waals surface area contributed by atoms with Gasteiger partial charge in [-0.05, 0) is 12.1 Å². The van der Waals surface area contributed by atoms with E-state index in [-0.39, 0.29) is 0 Å². The van der Waals surface area contributed by atoms with E-state index in [0.29, 0.717) is 13.2 Å². The quantitative estimate of drug-likeness (QED) is 0.514. The smallest absolute Gasteiger partial charge is 0.126 e. The average molecular weight is 254 g/mol. The second kappa shape index (κ2) is 9.88. The summed E-state index contributed by atoms with van der Waals surface area (Å²) in [6, 6.07) is 9.83. The molecule has 0 aromatic heterocycles. The Hall–Kier alpha value is -1.10. The van der Waals surface area contributed by atoms with Gasteiger partial charge in [-0.1, -0.05) is 18.2 Å². The maximum Gasteiger partial charge on any atom is 0.126 e. The maximum absolute atomic E-state index is 5.53. The van der Waals surface area contributed by atoms with Gasteiger partial charge in [0.1, 0.15) is 25.4 Å². The van der Waals surface area contributed by atoms with Crippen LogP contribution in [0.15, 0.2) is 30.3 Å². The molecule has 0 aliphatic carbocycles. The van der Waals surface area contributed by atoms with Crippen LogP contribution in [0.25, 0.3) is 0 Å². The predicted molar refractivity (Wildman–Crippen MR) is 72.1 cm³/mol. The first-order chi connectivity index (χ1) is 8.79. The van der Waals surface area contributed by atoms with E-state index in [9.17, 15) is 0 Å². The molecule has 0 fully saturated rings. The fourth-order valence-electron chi connectivity index (χ4n) is 1.54. The number of ether oxygens (including phenoxy) is 2. The molecule has 4 heteroatoms. The highest BCUT2D eigenvalue weighted by atomic mass is 16.5. The fourth-order valence-corrected chi connectivity index (χ4v) is 1.54. The van der Waals surface area contributed by atoms with Crippen LogP contribution in [0.4, 0.5) is 0 Å². The predicted octanol–water partition coefficient (Wildman–Crippen LogP) is -1.21. The van der Waals surface area contributed by atoms with E-state index in [0.717, 1.165) is 25.4 Å². The van der Waals surface area contributed by atoms with Crippen LogP contribution < -0.4 is 15.0 Å². The van der Waals surface area contributed by atoms with Crippen molar-refractivity contribution in [2.75, 3.05) is 53.6 Å². The number of quaternary nitrogens is 2. The molecule has 0 radical (unpaired) electrons. The Bertz CT molecular complexity index is 291. The zero-order valence-electron chi connectivity index (χ0n) is 11.5. The van der Waals surface area contributed by atoms with Gasteiger partial charge in [-0.2, -0.15) is 0 Å². The van der Waals surface area contributed by atoms with Gasteiger partial charge in [-0.3, -0.25) is 0 Å². The fraction of sp³-hybridized carbons (Fsp3) is 0.571. The van der Waals surface area contributed by atoms with E-state index in [1.807, 2.05) is 30.3 Å². The number of hydrogen-bond donors (Lipinski definition) is 2. The number of hydrogen-bond acceptors (Lipinski definition) is 2. The minimum Gasteiger partial charge on any atom is -0.491 e. The maximum atomic E-state index is 5.53. The van der Waals surface area contributed by atoms with E-state index in [4.69, 9.17) is 9.47 Å². The third kappa shape index (κ3) is 8.06. The Kier molecular flexibility index (Phi) is 8.21. The lowest BCUT2D eigenvalue weighted by Gasteiger charge is -2.07. The van der Waals surface area contributed by atoms with Gasteiger partial charge in [0.2, 0.25) is 0 Å². The first-order valence-corrected chi connectivity index (χ1v) is 6.65. The molecule has 0 saturated heterocycles. The highest BCUT2D eigenvalue weighted by molar-refractivity contribution is 5.20. The Morgan fingerprint density at radius 2 is 1.78 bits per heavy atom. The van der Waals surface area contributed by atoms with Gasteiger partial charge in [0, 0.05) is 0 Å². The van der Waals surface area contributed by atoms with E-state index < -0.39 is 0 Å². The molecule has 18 heavy (non-hydrogen) atoms. The second-order valence-electron chi connectivity index (χ2n) is 4.60. The summed E-state index contributed by atoms with van der Waals surface area (Å²) in [4.78, 5) is 1.49. The van der Waals surface area contributed by atoms with Crippen molar-refractivity contribution in [1.29, 1.82) is 0 Å². The number of nitrogens with two attached hydrogens (primary N) is 1. The van der Waals surface area contributed by atoms with E-state index in [1.165, 1.54) is 11.4 Å². The molecule has 0 aliphatic heterocycles. The summed E-state index contributed by atoms with van der Waals surface area (Å²) in [6.45, 7) is 5.44. The molecule has 0 aliphatic rings. The molecular weight excluding hydrogens is 228 g/mol. The van der Waals surface area contributed by atoms with Crippen LogP contribution in [0.3, 0.4) is 0 Å². The van der Waals surface area contributed by atoms with Crippen molar-refractivity contribution in [2.45, 2.75) is 0 Å². The zero-order valence-corrected chi connectivity index (χ0v) is 11.5. The van der Waals surface area contributed by atoms with Gasteiger partial charge in [0.25, 0.3) is 0 Å². The largest absolute Gasteiger partial charge is 0.491 e.